The molecular formula is C53H106N2O6P+. The van der Waals surface area contributed by atoms with Crippen LogP contribution in [0, 0.1) is 0 Å². The number of likely N-dealkylation sites (N-methyl/N-ethyl adjacent to an activating group) is 1. The van der Waals surface area contributed by atoms with E-state index in [9.17, 15) is 19.4 Å². The average molecular weight is 898 g/mol. The van der Waals surface area contributed by atoms with Gasteiger partial charge in [0, 0.05) is 6.42 Å². The van der Waals surface area contributed by atoms with E-state index in [2.05, 4.69) is 31.3 Å². The Bertz CT molecular complexity index is 1060. The van der Waals surface area contributed by atoms with E-state index < -0.39 is 20.0 Å². The van der Waals surface area contributed by atoms with Gasteiger partial charge in [-0.15, -0.1) is 0 Å². The van der Waals surface area contributed by atoms with Gasteiger partial charge in [0.2, 0.25) is 5.91 Å². The summed E-state index contributed by atoms with van der Waals surface area (Å²) in [6, 6.07) is -0.859. The van der Waals surface area contributed by atoms with Gasteiger partial charge in [0.25, 0.3) is 0 Å². The quantitative estimate of drug-likeness (QED) is 0.0243. The van der Waals surface area contributed by atoms with Crippen LogP contribution < -0.4 is 5.32 Å². The van der Waals surface area contributed by atoms with Crippen molar-refractivity contribution in [2.75, 3.05) is 40.9 Å². The molecule has 368 valence electrons. The largest absolute Gasteiger partial charge is 0.472 e. The number of amides is 1. The van der Waals surface area contributed by atoms with Gasteiger partial charge in [-0.05, 0) is 32.1 Å². The molecule has 0 aliphatic carbocycles. The van der Waals surface area contributed by atoms with E-state index in [4.69, 9.17) is 9.05 Å². The lowest BCUT2D eigenvalue weighted by Gasteiger charge is -2.25. The lowest BCUT2D eigenvalue weighted by molar-refractivity contribution is -0.870. The summed E-state index contributed by atoms with van der Waals surface area (Å²) in [6.07, 6.45) is 55.6. The van der Waals surface area contributed by atoms with Crippen LogP contribution >= 0.6 is 7.82 Å². The van der Waals surface area contributed by atoms with Crippen LogP contribution in [-0.4, -0.2) is 73.4 Å². The normalized spacial score (nSPS) is 14.2. The molecule has 3 N–H and O–H groups in total. The number of phosphoric acid groups is 1. The number of carbonyl (C=O) groups is 1. The number of hydrogen-bond acceptors (Lipinski definition) is 5. The van der Waals surface area contributed by atoms with Gasteiger partial charge in [-0.1, -0.05) is 244 Å². The molecule has 0 saturated carbocycles. The molecule has 0 aromatic carbocycles. The molecule has 0 aliphatic rings. The fourth-order valence-corrected chi connectivity index (χ4v) is 8.68. The van der Waals surface area contributed by atoms with Crippen molar-refractivity contribution >= 4 is 13.7 Å². The summed E-state index contributed by atoms with van der Waals surface area (Å²) >= 11 is 0. The zero-order valence-corrected chi connectivity index (χ0v) is 42.8. The molecule has 0 fully saturated rings. The molecule has 0 radical (unpaired) electrons. The predicted octanol–water partition coefficient (Wildman–Crippen LogP) is 15.6. The van der Waals surface area contributed by atoms with Crippen molar-refractivity contribution in [1.29, 1.82) is 0 Å². The maximum atomic E-state index is 12.9. The highest BCUT2D eigenvalue weighted by molar-refractivity contribution is 7.47. The highest BCUT2D eigenvalue weighted by Crippen LogP contribution is 2.43. The summed E-state index contributed by atoms with van der Waals surface area (Å²) in [7, 11) is 1.57. The number of carbonyl (C=O) groups excluding carboxylic acids is 1. The second-order valence-corrected chi connectivity index (χ2v) is 21.1. The fraction of sp³-hybridized carbons (Fsp3) is 0.906. The van der Waals surface area contributed by atoms with Crippen LogP contribution in [0.4, 0.5) is 0 Å². The van der Waals surface area contributed by atoms with Crippen LogP contribution in [0.5, 0.6) is 0 Å². The summed E-state index contributed by atoms with van der Waals surface area (Å²) in [5.41, 5.74) is 0. The molecule has 9 heteroatoms. The highest BCUT2D eigenvalue weighted by Gasteiger charge is 2.27. The Kier molecular flexibility index (Phi) is 44.4. The highest BCUT2D eigenvalue weighted by atomic mass is 31.2. The van der Waals surface area contributed by atoms with Gasteiger partial charge in [0.05, 0.1) is 39.9 Å². The summed E-state index contributed by atoms with van der Waals surface area (Å²) in [5, 5.41) is 13.9. The molecule has 0 heterocycles. The van der Waals surface area contributed by atoms with Crippen LogP contribution in [0.1, 0.15) is 258 Å². The predicted molar refractivity (Wildman–Crippen MR) is 268 cm³/mol. The molecule has 0 spiro atoms. The molecule has 0 aliphatic heterocycles. The van der Waals surface area contributed by atoms with Gasteiger partial charge >= 0.3 is 7.82 Å². The van der Waals surface area contributed by atoms with Gasteiger partial charge in [0.1, 0.15) is 13.2 Å². The minimum atomic E-state index is -4.35. The molecule has 0 aromatic rings. The molecule has 0 rings (SSSR count). The first-order valence-corrected chi connectivity index (χ1v) is 28.2. The first kappa shape index (κ1) is 61.0. The molecular weight excluding hydrogens is 792 g/mol. The van der Waals surface area contributed by atoms with Crippen LogP contribution in [0.25, 0.3) is 0 Å². The number of allylic oxidation sites excluding steroid dienone is 3. The van der Waals surface area contributed by atoms with Gasteiger partial charge in [-0.25, -0.2) is 4.57 Å². The number of aliphatic hydroxyl groups excluding tert-OH is 1. The van der Waals surface area contributed by atoms with E-state index in [1.54, 1.807) is 6.08 Å². The summed E-state index contributed by atoms with van der Waals surface area (Å²) in [4.78, 5) is 23.2. The zero-order valence-electron chi connectivity index (χ0n) is 41.9. The smallest absolute Gasteiger partial charge is 0.387 e. The number of quaternary nitrogens is 1. The van der Waals surface area contributed by atoms with Crippen molar-refractivity contribution in [3.8, 4) is 0 Å². The number of hydrogen-bond donors (Lipinski definition) is 3. The van der Waals surface area contributed by atoms with E-state index in [1.165, 1.54) is 199 Å². The first-order valence-electron chi connectivity index (χ1n) is 26.7. The number of unbranched alkanes of at least 4 members (excludes halogenated alkanes) is 34. The van der Waals surface area contributed by atoms with Gasteiger partial charge in [-0.3, -0.25) is 13.8 Å². The number of aliphatic hydroxyl groups is 1. The van der Waals surface area contributed by atoms with E-state index in [-0.39, 0.29) is 19.1 Å². The third-order valence-corrected chi connectivity index (χ3v) is 13.2. The molecule has 0 saturated heterocycles. The van der Waals surface area contributed by atoms with Crippen molar-refractivity contribution in [2.24, 2.45) is 0 Å². The van der Waals surface area contributed by atoms with Crippen molar-refractivity contribution in [2.45, 2.75) is 270 Å². The molecule has 8 nitrogen and oxygen atoms in total. The zero-order chi connectivity index (χ0) is 45.7. The van der Waals surface area contributed by atoms with E-state index >= 15 is 0 Å². The SMILES string of the molecule is CCCCCCCCCCCCCCCCCCCCCC/C=C/CC/C=C/C(O)C(COP(=O)(O)OCC[N+](C)(C)C)NC(=O)CCCCCCCCCCCCCCCC. The Hall–Kier alpha value is -1.02. The van der Waals surface area contributed by atoms with Crippen molar-refractivity contribution in [3.05, 3.63) is 24.3 Å². The first-order chi connectivity index (χ1) is 30.0. The molecule has 0 aromatic heterocycles. The van der Waals surface area contributed by atoms with E-state index in [0.717, 1.165) is 38.5 Å². The Labute approximate surface area is 385 Å². The maximum Gasteiger partial charge on any atom is 0.472 e. The number of rotatable bonds is 49. The Morgan fingerprint density at radius 1 is 0.532 bits per heavy atom. The summed E-state index contributed by atoms with van der Waals surface area (Å²) in [5.74, 6) is -0.184. The number of phosphoric ester groups is 1. The Morgan fingerprint density at radius 3 is 1.29 bits per heavy atom. The topological polar surface area (TPSA) is 105 Å². The van der Waals surface area contributed by atoms with Crippen molar-refractivity contribution in [1.82, 2.24) is 5.32 Å². The monoisotopic (exact) mass is 898 g/mol. The average Bonchev–Trinajstić information content (AvgIpc) is 3.23. The Balaban J connectivity index is 4.24. The third kappa shape index (κ3) is 47.0. The van der Waals surface area contributed by atoms with E-state index in [0.29, 0.717) is 17.4 Å². The van der Waals surface area contributed by atoms with E-state index in [1.807, 2.05) is 27.2 Å². The molecule has 0 bridgehead atoms. The van der Waals surface area contributed by atoms with Crippen molar-refractivity contribution < 1.29 is 32.9 Å². The lowest BCUT2D eigenvalue weighted by Crippen LogP contribution is -2.45. The third-order valence-electron chi connectivity index (χ3n) is 12.2. The minimum absolute atomic E-state index is 0.0585. The summed E-state index contributed by atoms with van der Waals surface area (Å²) in [6.45, 7) is 4.82. The van der Waals surface area contributed by atoms with Crippen LogP contribution in [0.15, 0.2) is 24.3 Å². The minimum Gasteiger partial charge on any atom is -0.387 e. The van der Waals surface area contributed by atoms with Crippen LogP contribution in [0.3, 0.4) is 0 Å². The number of nitrogens with zero attached hydrogens (tertiary/aromatic N) is 1. The fourth-order valence-electron chi connectivity index (χ4n) is 7.94. The maximum absolute atomic E-state index is 12.9. The van der Waals surface area contributed by atoms with Gasteiger partial charge in [0.15, 0.2) is 0 Å². The molecule has 62 heavy (non-hydrogen) atoms. The molecule has 3 unspecified atom stereocenters. The van der Waals surface area contributed by atoms with Crippen molar-refractivity contribution in [3.63, 3.8) is 0 Å². The second-order valence-electron chi connectivity index (χ2n) is 19.6. The number of nitrogens with one attached hydrogen (secondary N) is 1. The standard InChI is InChI=1S/C53H105N2O6P/c1-6-8-10-12-14-16-18-20-22-23-24-25-26-27-28-29-30-31-32-33-34-36-38-40-42-44-46-52(56)51(50-61-62(58,59)60-49-48-55(3,4)5)54-53(57)47-45-43-41-39-37-35-21-19-17-15-13-11-9-7-2/h36,38,44,46,51-52,56H,6-35,37,39-43,45,47-50H2,1-5H3,(H-,54,57,58,59)/p+1/b38-36+,46-44+. The summed E-state index contributed by atoms with van der Waals surface area (Å²) < 4.78 is 23.6. The molecule has 3 atom stereocenters. The Morgan fingerprint density at radius 2 is 0.887 bits per heavy atom. The van der Waals surface area contributed by atoms with Crippen LogP contribution in [-0.2, 0) is 18.4 Å². The molecule has 1 amide bonds. The van der Waals surface area contributed by atoms with Crippen LogP contribution in [0.2, 0.25) is 0 Å². The lowest BCUT2D eigenvalue weighted by atomic mass is 10.0. The van der Waals surface area contributed by atoms with Gasteiger partial charge in [-0.2, -0.15) is 0 Å². The van der Waals surface area contributed by atoms with Gasteiger partial charge < -0.3 is 19.8 Å². The second kappa shape index (κ2) is 45.1.